The first kappa shape index (κ1) is 14.8. The summed E-state index contributed by atoms with van der Waals surface area (Å²) < 4.78 is 18.9. The summed E-state index contributed by atoms with van der Waals surface area (Å²) in [5, 5.41) is 13.8. The first-order chi connectivity index (χ1) is 10.0. The molecular weight excluding hydrogens is 275 g/mol. The summed E-state index contributed by atoms with van der Waals surface area (Å²) >= 11 is 0. The Bertz CT molecular complexity index is 661. The van der Waals surface area contributed by atoms with Gasteiger partial charge in [-0.25, -0.2) is 4.39 Å². The average Bonchev–Trinajstić information content (AvgIpc) is 2.47. The summed E-state index contributed by atoms with van der Waals surface area (Å²) in [6.07, 6.45) is 0. The molecule has 6 heteroatoms. The van der Waals surface area contributed by atoms with Gasteiger partial charge in [0.05, 0.1) is 18.1 Å². The SMILES string of the molecule is COc1ccc(C(C)Nc2cccc([N+](=O)[O-])c2)c(F)c1. The fourth-order valence-corrected chi connectivity index (χ4v) is 2.02. The zero-order valence-corrected chi connectivity index (χ0v) is 11.7. The maximum atomic E-state index is 14.0. The first-order valence-corrected chi connectivity index (χ1v) is 6.35. The molecule has 0 saturated heterocycles. The Balaban J connectivity index is 2.19. The second kappa shape index (κ2) is 6.21. The molecule has 21 heavy (non-hydrogen) atoms. The topological polar surface area (TPSA) is 64.4 Å². The summed E-state index contributed by atoms with van der Waals surface area (Å²) in [6, 6.07) is 10.4. The van der Waals surface area contributed by atoms with Crippen molar-refractivity contribution in [3.05, 3.63) is 64.0 Å². The van der Waals surface area contributed by atoms with Crippen LogP contribution in [0.2, 0.25) is 0 Å². The van der Waals surface area contributed by atoms with Crippen molar-refractivity contribution in [1.82, 2.24) is 0 Å². The number of ether oxygens (including phenoxy) is 1. The molecule has 0 saturated carbocycles. The molecule has 2 aromatic carbocycles. The van der Waals surface area contributed by atoms with Crippen molar-refractivity contribution in [2.75, 3.05) is 12.4 Å². The number of methoxy groups -OCH3 is 1. The highest BCUT2D eigenvalue weighted by Gasteiger charge is 2.13. The van der Waals surface area contributed by atoms with E-state index in [9.17, 15) is 14.5 Å². The zero-order chi connectivity index (χ0) is 15.4. The van der Waals surface area contributed by atoms with Gasteiger partial charge in [0, 0.05) is 29.4 Å². The van der Waals surface area contributed by atoms with Crippen molar-refractivity contribution in [3.8, 4) is 5.75 Å². The molecule has 1 unspecified atom stereocenters. The van der Waals surface area contributed by atoms with E-state index in [-0.39, 0.29) is 17.5 Å². The molecular formula is C15H15FN2O3. The van der Waals surface area contributed by atoms with Gasteiger partial charge in [-0.1, -0.05) is 12.1 Å². The second-order valence-electron chi connectivity index (χ2n) is 4.56. The Labute approximate surface area is 121 Å². The summed E-state index contributed by atoms with van der Waals surface area (Å²) in [5.41, 5.74) is 1.01. The number of nitrogens with one attached hydrogen (secondary N) is 1. The van der Waals surface area contributed by atoms with Gasteiger partial charge >= 0.3 is 0 Å². The smallest absolute Gasteiger partial charge is 0.271 e. The van der Waals surface area contributed by atoms with E-state index in [4.69, 9.17) is 4.74 Å². The maximum Gasteiger partial charge on any atom is 0.271 e. The predicted octanol–water partition coefficient (Wildman–Crippen LogP) is 3.92. The molecule has 0 bridgehead atoms. The lowest BCUT2D eigenvalue weighted by Crippen LogP contribution is -2.09. The molecule has 1 N–H and O–H groups in total. The molecule has 0 aliphatic rings. The third kappa shape index (κ3) is 3.47. The number of benzene rings is 2. The third-order valence-corrected chi connectivity index (χ3v) is 3.11. The van der Waals surface area contributed by atoms with Gasteiger partial charge in [0.15, 0.2) is 0 Å². The number of anilines is 1. The molecule has 0 aliphatic carbocycles. The Morgan fingerprint density at radius 1 is 1.29 bits per heavy atom. The predicted molar refractivity (Wildman–Crippen MR) is 78.1 cm³/mol. The normalized spacial score (nSPS) is 11.8. The molecule has 0 fully saturated rings. The molecule has 1 atom stereocenters. The van der Waals surface area contributed by atoms with Crippen LogP contribution < -0.4 is 10.1 Å². The van der Waals surface area contributed by atoms with E-state index in [0.29, 0.717) is 17.0 Å². The van der Waals surface area contributed by atoms with Crippen LogP contribution in [-0.4, -0.2) is 12.0 Å². The first-order valence-electron chi connectivity index (χ1n) is 6.35. The zero-order valence-electron chi connectivity index (χ0n) is 11.7. The largest absolute Gasteiger partial charge is 0.497 e. The van der Waals surface area contributed by atoms with E-state index >= 15 is 0 Å². The molecule has 0 amide bonds. The Morgan fingerprint density at radius 3 is 2.67 bits per heavy atom. The van der Waals surface area contributed by atoms with E-state index in [1.807, 2.05) is 0 Å². The van der Waals surface area contributed by atoms with Crippen molar-refractivity contribution < 1.29 is 14.1 Å². The lowest BCUT2D eigenvalue weighted by atomic mass is 10.1. The standard InChI is InChI=1S/C15H15FN2O3/c1-10(14-7-6-13(21-2)9-15(14)16)17-11-4-3-5-12(8-11)18(19)20/h3-10,17H,1-2H3. The van der Waals surface area contributed by atoms with Crippen LogP contribution in [0.3, 0.4) is 0 Å². The number of non-ortho nitro benzene ring substituents is 1. The van der Waals surface area contributed by atoms with Gasteiger partial charge in [0.2, 0.25) is 0 Å². The molecule has 2 rings (SSSR count). The summed E-state index contributed by atoms with van der Waals surface area (Å²) in [6.45, 7) is 1.78. The van der Waals surface area contributed by atoms with Crippen LogP contribution in [0.25, 0.3) is 0 Å². The maximum absolute atomic E-state index is 14.0. The van der Waals surface area contributed by atoms with Gasteiger partial charge in [-0.3, -0.25) is 10.1 Å². The fraction of sp³-hybridized carbons (Fsp3) is 0.200. The molecule has 0 aromatic heterocycles. The highest BCUT2D eigenvalue weighted by molar-refractivity contribution is 5.52. The third-order valence-electron chi connectivity index (χ3n) is 3.11. The van der Waals surface area contributed by atoms with Gasteiger partial charge in [-0.15, -0.1) is 0 Å². The summed E-state index contributed by atoms with van der Waals surface area (Å²) in [7, 11) is 1.47. The molecule has 0 radical (unpaired) electrons. The van der Waals surface area contributed by atoms with E-state index in [2.05, 4.69) is 5.32 Å². The minimum atomic E-state index is -0.468. The van der Waals surface area contributed by atoms with Gasteiger partial charge < -0.3 is 10.1 Å². The average molecular weight is 290 g/mol. The van der Waals surface area contributed by atoms with E-state index < -0.39 is 4.92 Å². The number of halogens is 1. The lowest BCUT2D eigenvalue weighted by molar-refractivity contribution is -0.384. The molecule has 0 spiro atoms. The van der Waals surface area contributed by atoms with Crippen LogP contribution in [0.15, 0.2) is 42.5 Å². The highest BCUT2D eigenvalue weighted by atomic mass is 19.1. The van der Waals surface area contributed by atoms with Gasteiger partial charge in [-0.05, 0) is 19.1 Å². The minimum absolute atomic E-state index is 0.0117. The van der Waals surface area contributed by atoms with Crippen molar-refractivity contribution in [2.24, 2.45) is 0 Å². The van der Waals surface area contributed by atoms with E-state index in [1.54, 1.807) is 31.2 Å². The number of hydrogen-bond acceptors (Lipinski definition) is 4. The van der Waals surface area contributed by atoms with Crippen LogP contribution in [-0.2, 0) is 0 Å². The van der Waals surface area contributed by atoms with E-state index in [0.717, 1.165) is 0 Å². The molecule has 5 nitrogen and oxygen atoms in total. The molecule has 110 valence electrons. The number of nitro benzene ring substituents is 1. The van der Waals surface area contributed by atoms with Crippen LogP contribution in [0.5, 0.6) is 5.75 Å². The van der Waals surface area contributed by atoms with Crippen molar-refractivity contribution >= 4 is 11.4 Å². The molecule has 2 aromatic rings. The van der Waals surface area contributed by atoms with Crippen molar-refractivity contribution in [3.63, 3.8) is 0 Å². The van der Waals surface area contributed by atoms with Crippen LogP contribution in [0.1, 0.15) is 18.5 Å². The quantitative estimate of drug-likeness (QED) is 0.669. The van der Waals surface area contributed by atoms with Crippen molar-refractivity contribution in [1.29, 1.82) is 0 Å². The fourth-order valence-electron chi connectivity index (χ4n) is 2.02. The Kier molecular flexibility index (Phi) is 4.37. The Morgan fingerprint density at radius 2 is 2.05 bits per heavy atom. The second-order valence-corrected chi connectivity index (χ2v) is 4.56. The monoisotopic (exact) mass is 290 g/mol. The van der Waals surface area contributed by atoms with Gasteiger partial charge in [0.25, 0.3) is 5.69 Å². The molecule has 0 heterocycles. The van der Waals surface area contributed by atoms with Crippen LogP contribution >= 0.6 is 0 Å². The highest BCUT2D eigenvalue weighted by Crippen LogP contribution is 2.26. The van der Waals surface area contributed by atoms with Gasteiger partial charge in [0.1, 0.15) is 11.6 Å². The van der Waals surface area contributed by atoms with Gasteiger partial charge in [-0.2, -0.15) is 0 Å². The number of nitro groups is 1. The minimum Gasteiger partial charge on any atom is -0.497 e. The summed E-state index contributed by atoms with van der Waals surface area (Å²) in [4.78, 5) is 10.3. The number of rotatable bonds is 5. The van der Waals surface area contributed by atoms with Crippen LogP contribution in [0, 0.1) is 15.9 Å². The van der Waals surface area contributed by atoms with E-state index in [1.165, 1.54) is 25.3 Å². The van der Waals surface area contributed by atoms with Crippen LogP contribution in [0.4, 0.5) is 15.8 Å². The number of nitrogens with zero attached hydrogens (tertiary/aromatic N) is 1. The Hall–Kier alpha value is -2.63. The number of hydrogen-bond donors (Lipinski definition) is 1. The lowest BCUT2D eigenvalue weighted by Gasteiger charge is -2.16. The molecule has 0 aliphatic heterocycles. The summed E-state index contributed by atoms with van der Waals surface area (Å²) in [5.74, 6) is 0.0542. The van der Waals surface area contributed by atoms with Crippen molar-refractivity contribution in [2.45, 2.75) is 13.0 Å².